The Hall–Kier alpha value is -2.52. The first-order valence-corrected chi connectivity index (χ1v) is 12.8. The molecule has 194 valence electrons. The summed E-state index contributed by atoms with van der Waals surface area (Å²) in [5.41, 5.74) is 1.43. The lowest BCUT2D eigenvalue weighted by molar-refractivity contribution is -0.138. The molecule has 1 aromatic carbocycles. The number of amides is 4. The number of hydrogen-bond acceptors (Lipinski definition) is 5. The van der Waals surface area contributed by atoms with Crippen LogP contribution in [0.2, 0.25) is 5.02 Å². The van der Waals surface area contributed by atoms with Crippen LogP contribution in [0.15, 0.2) is 18.2 Å². The van der Waals surface area contributed by atoms with Gasteiger partial charge in [-0.2, -0.15) is 0 Å². The van der Waals surface area contributed by atoms with E-state index in [1.807, 2.05) is 30.9 Å². The Morgan fingerprint density at radius 1 is 1.14 bits per heavy atom. The Balaban J connectivity index is 1.60. The molecule has 0 aromatic heterocycles. The van der Waals surface area contributed by atoms with Crippen LogP contribution >= 0.6 is 11.6 Å². The van der Waals surface area contributed by atoms with Gasteiger partial charge in [-0.05, 0) is 44.9 Å². The Morgan fingerprint density at radius 3 is 2.46 bits per heavy atom. The summed E-state index contributed by atoms with van der Waals surface area (Å²) in [7, 11) is 1.58. The third-order valence-corrected chi connectivity index (χ3v) is 6.81. The number of hydrogen-bond donors (Lipinski definition) is 2. The lowest BCUT2D eigenvalue weighted by Gasteiger charge is -2.36. The molecular weight excluding hydrogens is 470 g/mol. The summed E-state index contributed by atoms with van der Waals surface area (Å²) in [5, 5.41) is 6.24. The predicted octanol–water partition coefficient (Wildman–Crippen LogP) is 3.18. The zero-order chi connectivity index (χ0) is 25.4. The van der Waals surface area contributed by atoms with Crippen LogP contribution in [0, 0.1) is 5.92 Å². The predicted molar refractivity (Wildman–Crippen MR) is 138 cm³/mol. The van der Waals surface area contributed by atoms with Crippen molar-refractivity contribution >= 4 is 40.8 Å². The molecular formula is C25H38ClN5O4. The van der Waals surface area contributed by atoms with E-state index in [1.165, 1.54) is 0 Å². The largest absolute Gasteiger partial charge is 0.383 e. The average molecular weight is 508 g/mol. The molecule has 1 saturated carbocycles. The average Bonchev–Trinajstić information content (AvgIpc) is 3.37. The molecule has 0 spiro atoms. The minimum absolute atomic E-state index is 0.00661. The van der Waals surface area contributed by atoms with Gasteiger partial charge < -0.3 is 30.1 Å². The Labute approximate surface area is 213 Å². The zero-order valence-corrected chi connectivity index (χ0v) is 21.8. The lowest BCUT2D eigenvalue weighted by Crippen LogP contribution is -2.52. The van der Waals surface area contributed by atoms with Crippen molar-refractivity contribution in [3.8, 4) is 0 Å². The van der Waals surface area contributed by atoms with Gasteiger partial charge >= 0.3 is 6.03 Å². The molecule has 10 heteroatoms. The number of nitrogens with one attached hydrogen (secondary N) is 2. The summed E-state index contributed by atoms with van der Waals surface area (Å²) in [5.74, 6) is -0.275. The second-order valence-electron chi connectivity index (χ2n) is 9.52. The fourth-order valence-electron chi connectivity index (χ4n) is 4.57. The van der Waals surface area contributed by atoms with E-state index in [1.54, 1.807) is 18.1 Å². The minimum atomic E-state index is -0.290. The number of benzene rings is 1. The van der Waals surface area contributed by atoms with Gasteiger partial charge in [0.05, 0.1) is 23.9 Å². The Morgan fingerprint density at radius 2 is 1.83 bits per heavy atom. The maximum Gasteiger partial charge on any atom is 0.317 e. The topological polar surface area (TPSA) is 94.2 Å². The van der Waals surface area contributed by atoms with E-state index in [2.05, 4.69) is 15.5 Å². The van der Waals surface area contributed by atoms with Crippen LogP contribution in [0.1, 0.15) is 39.5 Å². The maximum absolute atomic E-state index is 12.9. The molecule has 2 fully saturated rings. The molecule has 3 rings (SSSR count). The minimum Gasteiger partial charge on any atom is -0.383 e. The number of carbonyl (C=O) groups is 3. The molecule has 1 aromatic rings. The summed E-state index contributed by atoms with van der Waals surface area (Å²) in [4.78, 5) is 43.6. The third-order valence-electron chi connectivity index (χ3n) is 6.48. The highest BCUT2D eigenvalue weighted by molar-refractivity contribution is 6.33. The van der Waals surface area contributed by atoms with Crippen molar-refractivity contribution in [2.45, 2.75) is 45.6 Å². The summed E-state index contributed by atoms with van der Waals surface area (Å²) in [6.07, 6.45) is 3.87. The van der Waals surface area contributed by atoms with Crippen LogP contribution in [-0.2, 0) is 14.3 Å². The van der Waals surface area contributed by atoms with Crippen molar-refractivity contribution in [2.24, 2.45) is 5.92 Å². The van der Waals surface area contributed by atoms with Crippen LogP contribution in [-0.4, -0.2) is 86.7 Å². The molecule has 9 nitrogen and oxygen atoms in total. The smallest absolute Gasteiger partial charge is 0.317 e. The molecule has 2 aliphatic rings. The van der Waals surface area contributed by atoms with Gasteiger partial charge in [0.25, 0.3) is 0 Å². The first-order chi connectivity index (χ1) is 16.8. The summed E-state index contributed by atoms with van der Waals surface area (Å²) in [6, 6.07) is 5.57. The maximum atomic E-state index is 12.9. The van der Waals surface area contributed by atoms with E-state index in [9.17, 15) is 14.4 Å². The van der Waals surface area contributed by atoms with Crippen molar-refractivity contribution in [2.75, 3.05) is 63.2 Å². The van der Waals surface area contributed by atoms with Gasteiger partial charge in [-0.1, -0.05) is 24.4 Å². The second kappa shape index (κ2) is 13.0. The number of ether oxygens (including phenoxy) is 1. The standard InChI is InChI=1S/C25H38ClN5O4/c1-18(2)27-25(34)30-12-10-29(11-13-30)20-8-9-21(26)22(16-20)28-23(32)17-31(14-15-35-3)24(33)19-6-4-5-7-19/h8-9,16,18-19H,4-7,10-15,17H2,1-3H3,(H,27,34)(H,28,32). The summed E-state index contributed by atoms with van der Waals surface area (Å²) in [6.45, 7) is 7.19. The molecule has 35 heavy (non-hydrogen) atoms. The van der Waals surface area contributed by atoms with Crippen molar-refractivity contribution in [3.05, 3.63) is 23.2 Å². The normalized spacial score (nSPS) is 16.5. The van der Waals surface area contributed by atoms with Gasteiger partial charge in [0, 0.05) is 57.5 Å². The molecule has 0 radical (unpaired) electrons. The quantitative estimate of drug-likeness (QED) is 0.535. The Bertz CT molecular complexity index is 883. The van der Waals surface area contributed by atoms with E-state index in [4.69, 9.17) is 16.3 Å². The Kier molecular flexibility index (Phi) is 10.0. The lowest BCUT2D eigenvalue weighted by atomic mass is 10.1. The van der Waals surface area contributed by atoms with Crippen LogP contribution in [0.25, 0.3) is 0 Å². The number of urea groups is 1. The van der Waals surface area contributed by atoms with Gasteiger partial charge in [0.15, 0.2) is 0 Å². The SMILES string of the molecule is COCCN(CC(=O)Nc1cc(N2CCN(C(=O)NC(C)C)CC2)ccc1Cl)C(=O)C1CCCC1. The molecule has 2 N–H and O–H groups in total. The van der Waals surface area contributed by atoms with Crippen LogP contribution < -0.4 is 15.5 Å². The number of halogens is 1. The third kappa shape index (κ3) is 7.73. The molecule has 0 unspecified atom stereocenters. The highest BCUT2D eigenvalue weighted by Gasteiger charge is 2.28. The fourth-order valence-corrected chi connectivity index (χ4v) is 4.74. The molecule has 1 saturated heterocycles. The second-order valence-corrected chi connectivity index (χ2v) is 9.93. The first kappa shape index (κ1) is 27.1. The number of anilines is 2. The number of nitrogens with zero attached hydrogens (tertiary/aromatic N) is 3. The zero-order valence-electron chi connectivity index (χ0n) is 21.0. The highest BCUT2D eigenvalue weighted by atomic mass is 35.5. The molecule has 1 heterocycles. The van der Waals surface area contributed by atoms with Crippen molar-refractivity contribution in [1.29, 1.82) is 0 Å². The van der Waals surface area contributed by atoms with Gasteiger partial charge in [-0.3, -0.25) is 9.59 Å². The van der Waals surface area contributed by atoms with Crippen molar-refractivity contribution in [3.63, 3.8) is 0 Å². The van der Waals surface area contributed by atoms with Crippen molar-refractivity contribution in [1.82, 2.24) is 15.1 Å². The highest BCUT2D eigenvalue weighted by Crippen LogP contribution is 2.29. The van der Waals surface area contributed by atoms with Crippen LogP contribution in [0.5, 0.6) is 0 Å². The molecule has 4 amide bonds. The first-order valence-electron chi connectivity index (χ1n) is 12.5. The van der Waals surface area contributed by atoms with E-state index in [0.29, 0.717) is 50.0 Å². The van der Waals surface area contributed by atoms with Crippen LogP contribution in [0.4, 0.5) is 16.2 Å². The molecule has 0 atom stereocenters. The molecule has 1 aliphatic carbocycles. The summed E-state index contributed by atoms with van der Waals surface area (Å²) < 4.78 is 5.15. The summed E-state index contributed by atoms with van der Waals surface area (Å²) >= 11 is 6.38. The number of methoxy groups -OCH3 is 1. The van der Waals surface area contributed by atoms with Crippen molar-refractivity contribution < 1.29 is 19.1 Å². The number of carbonyl (C=O) groups excluding carboxylic acids is 3. The number of rotatable bonds is 9. The molecule has 0 bridgehead atoms. The fraction of sp³-hybridized carbons (Fsp3) is 0.640. The monoisotopic (exact) mass is 507 g/mol. The number of piperazine rings is 1. The van der Waals surface area contributed by atoms with Gasteiger partial charge in [0.1, 0.15) is 0 Å². The van der Waals surface area contributed by atoms with E-state index < -0.39 is 0 Å². The molecule has 1 aliphatic heterocycles. The van der Waals surface area contributed by atoms with E-state index >= 15 is 0 Å². The van der Waals surface area contributed by atoms with E-state index in [0.717, 1.165) is 31.4 Å². The van der Waals surface area contributed by atoms with Crippen LogP contribution in [0.3, 0.4) is 0 Å². The van der Waals surface area contributed by atoms with E-state index in [-0.39, 0.29) is 36.3 Å². The van der Waals surface area contributed by atoms with Gasteiger partial charge in [-0.15, -0.1) is 0 Å². The van der Waals surface area contributed by atoms with Gasteiger partial charge in [-0.25, -0.2) is 4.79 Å². The van der Waals surface area contributed by atoms with Gasteiger partial charge in [0.2, 0.25) is 11.8 Å².